The van der Waals surface area contributed by atoms with Gasteiger partial charge in [-0.15, -0.1) is 0 Å². The highest BCUT2D eigenvalue weighted by Gasteiger charge is 2.10. The van der Waals surface area contributed by atoms with Gasteiger partial charge in [0.15, 0.2) is 24.8 Å². The lowest BCUT2D eigenvalue weighted by Gasteiger charge is -2.05. The number of rotatable bonds is 5. The van der Waals surface area contributed by atoms with Crippen LogP contribution in [0.1, 0.15) is 58.1 Å². The van der Waals surface area contributed by atoms with Crippen LogP contribution in [0.3, 0.4) is 0 Å². The minimum absolute atomic E-state index is 0. The SMILES string of the molecule is C.CC(C)c1ccc(-[n+]2ccc(-c3cc[n+](-c4ccc(C(C)C)cc4)cc3)cc2)cc1. The summed E-state index contributed by atoms with van der Waals surface area (Å²) in [5.41, 5.74) is 7.53. The van der Waals surface area contributed by atoms with Crippen LogP contribution in [-0.2, 0) is 0 Å². The van der Waals surface area contributed by atoms with Crippen molar-refractivity contribution in [2.75, 3.05) is 0 Å². The number of nitrogens with zero attached hydrogens (tertiary/aromatic N) is 2. The van der Waals surface area contributed by atoms with Crippen LogP contribution in [0.25, 0.3) is 22.5 Å². The zero-order valence-corrected chi connectivity index (χ0v) is 18.3. The molecule has 4 aromatic rings. The van der Waals surface area contributed by atoms with Crippen molar-refractivity contribution in [2.24, 2.45) is 0 Å². The van der Waals surface area contributed by atoms with Crippen LogP contribution in [-0.4, -0.2) is 0 Å². The summed E-state index contributed by atoms with van der Waals surface area (Å²) in [6.45, 7) is 8.89. The molecule has 0 radical (unpaired) electrons. The van der Waals surface area contributed by atoms with Gasteiger partial charge in [0.05, 0.1) is 0 Å². The van der Waals surface area contributed by atoms with Gasteiger partial charge in [0.1, 0.15) is 0 Å². The molecule has 0 bridgehead atoms. The Labute approximate surface area is 187 Å². The van der Waals surface area contributed by atoms with E-state index >= 15 is 0 Å². The molecule has 2 aromatic carbocycles. The number of hydrogen-bond acceptors (Lipinski definition) is 0. The molecule has 0 N–H and O–H groups in total. The normalized spacial score (nSPS) is 10.9. The first-order valence-corrected chi connectivity index (χ1v) is 10.7. The average molecular weight is 411 g/mol. The van der Waals surface area contributed by atoms with Crippen molar-refractivity contribution in [1.29, 1.82) is 0 Å². The predicted molar refractivity (Wildman–Crippen MR) is 130 cm³/mol. The Morgan fingerprint density at radius 2 is 0.742 bits per heavy atom. The second-order valence-corrected chi connectivity index (χ2v) is 8.48. The van der Waals surface area contributed by atoms with Crippen molar-refractivity contribution in [1.82, 2.24) is 0 Å². The monoisotopic (exact) mass is 410 g/mol. The first kappa shape index (κ1) is 22.4. The van der Waals surface area contributed by atoms with Gasteiger partial charge < -0.3 is 0 Å². The third-order valence-corrected chi connectivity index (χ3v) is 5.71. The molecule has 2 nitrogen and oxygen atoms in total. The van der Waals surface area contributed by atoms with Crippen LogP contribution in [0.2, 0.25) is 0 Å². The van der Waals surface area contributed by atoms with E-state index in [1.807, 2.05) is 0 Å². The molecule has 2 aromatic heterocycles. The molecule has 0 aliphatic heterocycles. The summed E-state index contributed by atoms with van der Waals surface area (Å²) in [6, 6.07) is 26.3. The maximum absolute atomic E-state index is 2.22. The lowest BCUT2D eigenvalue weighted by atomic mass is 10.0. The second-order valence-electron chi connectivity index (χ2n) is 8.48. The van der Waals surface area contributed by atoms with E-state index in [4.69, 9.17) is 0 Å². The van der Waals surface area contributed by atoms with E-state index in [9.17, 15) is 0 Å². The zero-order valence-electron chi connectivity index (χ0n) is 18.3. The molecule has 4 rings (SSSR count). The molecule has 2 heteroatoms. The van der Waals surface area contributed by atoms with Gasteiger partial charge in [-0.25, -0.2) is 0 Å². The van der Waals surface area contributed by atoms with E-state index in [0.29, 0.717) is 11.8 Å². The predicted octanol–water partition coefficient (Wildman–Crippen LogP) is 6.79. The topological polar surface area (TPSA) is 7.76 Å². The Morgan fingerprint density at radius 1 is 0.452 bits per heavy atom. The lowest BCUT2D eigenvalue weighted by Crippen LogP contribution is -2.29. The summed E-state index contributed by atoms with van der Waals surface area (Å²) < 4.78 is 4.32. The Hall–Kier alpha value is -3.26. The lowest BCUT2D eigenvalue weighted by molar-refractivity contribution is -0.596. The highest BCUT2D eigenvalue weighted by atomic mass is 14.9. The molecule has 158 valence electrons. The molecule has 0 atom stereocenters. The van der Waals surface area contributed by atoms with Crippen LogP contribution < -0.4 is 9.13 Å². The standard InChI is InChI=1S/C28H30N2.CH4/c1-21(2)23-5-9-27(10-6-23)29-17-13-25(14-18-29)26-15-19-30(20-16-26)28-11-7-24(8-12-28)22(3)4;/h5-22H,1-4H3;1H4/q+2;. The molecular formula is C29H34N2+2. The minimum Gasteiger partial charge on any atom is -0.167 e. The third kappa shape index (κ3) is 5.08. The average Bonchev–Trinajstić information content (AvgIpc) is 2.79. The van der Waals surface area contributed by atoms with Crippen LogP contribution in [0, 0.1) is 0 Å². The Kier molecular flexibility index (Phi) is 7.02. The summed E-state index contributed by atoms with van der Waals surface area (Å²) in [5.74, 6) is 1.11. The van der Waals surface area contributed by atoms with E-state index in [1.165, 1.54) is 33.6 Å². The molecule has 0 saturated heterocycles. The van der Waals surface area contributed by atoms with Crippen LogP contribution in [0.5, 0.6) is 0 Å². The van der Waals surface area contributed by atoms with Gasteiger partial charge in [-0.05, 0) is 34.1 Å². The fraction of sp³-hybridized carbons (Fsp3) is 0.241. The smallest absolute Gasteiger partial charge is 0.167 e. The molecule has 2 heterocycles. The van der Waals surface area contributed by atoms with Gasteiger partial charge in [-0.1, -0.05) is 59.4 Å². The summed E-state index contributed by atoms with van der Waals surface area (Å²) in [7, 11) is 0. The first-order chi connectivity index (χ1) is 14.5. The molecule has 0 aliphatic rings. The fourth-order valence-electron chi connectivity index (χ4n) is 3.64. The van der Waals surface area contributed by atoms with E-state index in [0.717, 1.165) is 0 Å². The van der Waals surface area contributed by atoms with Crippen molar-refractivity contribution in [2.45, 2.75) is 47.0 Å². The van der Waals surface area contributed by atoms with Crippen LogP contribution >= 0.6 is 0 Å². The maximum Gasteiger partial charge on any atom is 0.210 e. The van der Waals surface area contributed by atoms with Crippen LogP contribution in [0.15, 0.2) is 97.6 Å². The summed E-state index contributed by atoms with van der Waals surface area (Å²) in [6.07, 6.45) is 8.52. The highest BCUT2D eigenvalue weighted by Crippen LogP contribution is 2.19. The van der Waals surface area contributed by atoms with Crippen molar-refractivity contribution in [3.63, 3.8) is 0 Å². The third-order valence-electron chi connectivity index (χ3n) is 5.71. The number of benzene rings is 2. The van der Waals surface area contributed by atoms with Gasteiger partial charge in [0.25, 0.3) is 0 Å². The molecule has 0 saturated carbocycles. The second kappa shape index (κ2) is 9.70. The fourth-order valence-corrected chi connectivity index (χ4v) is 3.64. The Balaban J connectivity index is 0.00000272. The van der Waals surface area contributed by atoms with Crippen molar-refractivity contribution in [3.05, 3.63) is 109 Å². The quantitative estimate of drug-likeness (QED) is 0.320. The van der Waals surface area contributed by atoms with Gasteiger partial charge >= 0.3 is 0 Å². The number of pyridine rings is 2. The summed E-state index contributed by atoms with van der Waals surface area (Å²) in [5, 5.41) is 0. The molecule has 31 heavy (non-hydrogen) atoms. The van der Waals surface area contributed by atoms with E-state index in [-0.39, 0.29) is 7.43 Å². The highest BCUT2D eigenvalue weighted by molar-refractivity contribution is 5.61. The van der Waals surface area contributed by atoms with Gasteiger partial charge in [0.2, 0.25) is 11.4 Å². The molecule has 0 aliphatic carbocycles. The number of aromatic nitrogens is 2. The summed E-state index contributed by atoms with van der Waals surface area (Å²) >= 11 is 0. The zero-order chi connectivity index (χ0) is 21.1. The van der Waals surface area contributed by atoms with E-state index in [1.54, 1.807) is 0 Å². The molecule has 0 spiro atoms. The van der Waals surface area contributed by atoms with Crippen molar-refractivity contribution in [3.8, 4) is 22.5 Å². The first-order valence-electron chi connectivity index (χ1n) is 10.7. The minimum atomic E-state index is 0. The van der Waals surface area contributed by atoms with Gasteiger partial charge in [0, 0.05) is 48.5 Å². The molecule has 0 unspecified atom stereocenters. The van der Waals surface area contributed by atoms with Crippen molar-refractivity contribution >= 4 is 0 Å². The van der Waals surface area contributed by atoms with Crippen LogP contribution in [0.4, 0.5) is 0 Å². The largest absolute Gasteiger partial charge is 0.210 e. The molecule has 0 amide bonds. The molecule has 0 fully saturated rings. The summed E-state index contributed by atoms with van der Waals surface area (Å²) in [4.78, 5) is 0. The Bertz CT molecular complexity index is 997. The van der Waals surface area contributed by atoms with Gasteiger partial charge in [-0.2, -0.15) is 9.13 Å². The maximum atomic E-state index is 2.22. The molecular weight excluding hydrogens is 376 g/mol. The van der Waals surface area contributed by atoms with Gasteiger partial charge in [-0.3, -0.25) is 0 Å². The van der Waals surface area contributed by atoms with E-state index < -0.39 is 0 Å². The van der Waals surface area contributed by atoms with E-state index in [2.05, 4.69) is 134 Å². The Morgan fingerprint density at radius 3 is 1.00 bits per heavy atom. The number of hydrogen-bond donors (Lipinski definition) is 0. The van der Waals surface area contributed by atoms with Crippen molar-refractivity contribution < 1.29 is 9.13 Å².